The lowest BCUT2D eigenvalue weighted by molar-refractivity contribution is -0.130. The van der Waals surface area contributed by atoms with E-state index in [2.05, 4.69) is 6.58 Å². The predicted octanol–water partition coefficient (Wildman–Crippen LogP) is 2.83. The number of nitrogens with zero attached hydrogens (tertiary/aromatic N) is 1. The van der Waals surface area contributed by atoms with E-state index in [1.807, 2.05) is 0 Å². The zero-order valence-corrected chi connectivity index (χ0v) is 12.1. The molecule has 0 aliphatic carbocycles. The molecule has 0 aromatic heterocycles. The summed E-state index contributed by atoms with van der Waals surface area (Å²) in [5.74, 6) is -0.241. The Bertz CT molecular complexity index is 504. The number of rotatable bonds is 5. The summed E-state index contributed by atoms with van der Waals surface area (Å²) in [6.45, 7) is 3.24. The first kappa shape index (κ1) is 15.5. The predicted molar refractivity (Wildman–Crippen MR) is 75.2 cm³/mol. The second-order valence-corrected chi connectivity index (χ2v) is 4.72. The number of allylic oxidation sites excluding steroid dienone is 1. The first-order valence-corrected chi connectivity index (χ1v) is 6.11. The molecule has 0 aliphatic heterocycles. The van der Waals surface area contributed by atoms with Gasteiger partial charge in [-0.05, 0) is 18.2 Å². The molecule has 1 aromatic carbocycles. The molecule has 0 heterocycles. The topological polar surface area (TPSA) is 46.6 Å². The maximum Gasteiger partial charge on any atom is 0.259 e. The van der Waals surface area contributed by atoms with E-state index < -0.39 is 0 Å². The van der Waals surface area contributed by atoms with Crippen LogP contribution in [0.3, 0.4) is 0 Å². The largest absolute Gasteiger partial charge is 0.484 e. The van der Waals surface area contributed by atoms with Gasteiger partial charge in [-0.1, -0.05) is 29.8 Å². The maximum atomic E-state index is 11.5. The molecular formula is C13H13Cl2NO3. The van der Waals surface area contributed by atoms with Gasteiger partial charge < -0.3 is 9.64 Å². The van der Waals surface area contributed by atoms with Crippen LogP contribution in [0.5, 0.6) is 5.75 Å². The number of ether oxygens (including phenoxy) is 1. The monoisotopic (exact) mass is 301 g/mol. The average molecular weight is 302 g/mol. The Kier molecular flexibility index (Phi) is 5.39. The van der Waals surface area contributed by atoms with Crippen molar-refractivity contribution in [1.29, 1.82) is 0 Å². The van der Waals surface area contributed by atoms with Gasteiger partial charge in [0.2, 0.25) is 0 Å². The van der Waals surface area contributed by atoms with E-state index in [-0.39, 0.29) is 33.9 Å². The van der Waals surface area contributed by atoms with Crippen LogP contribution in [0, 0.1) is 0 Å². The molecule has 1 rings (SSSR count). The smallest absolute Gasteiger partial charge is 0.259 e. The number of amides is 1. The first-order chi connectivity index (χ1) is 8.86. The highest BCUT2D eigenvalue weighted by Gasteiger charge is 2.15. The van der Waals surface area contributed by atoms with Crippen LogP contribution < -0.4 is 4.74 Å². The second kappa shape index (κ2) is 6.59. The summed E-state index contributed by atoms with van der Waals surface area (Å²) < 4.78 is 5.26. The quantitative estimate of drug-likeness (QED) is 0.620. The molecular weight excluding hydrogens is 289 g/mol. The SMILES string of the molecule is C=CC(=O)c1c(Cl)cc(OCC(=O)N(C)C)cc1Cl. The van der Waals surface area contributed by atoms with Crippen molar-refractivity contribution >= 4 is 34.9 Å². The summed E-state index contributed by atoms with van der Waals surface area (Å²) in [5.41, 5.74) is 0.171. The van der Waals surface area contributed by atoms with Crippen LogP contribution in [-0.4, -0.2) is 37.3 Å². The van der Waals surface area contributed by atoms with Gasteiger partial charge in [-0.3, -0.25) is 9.59 Å². The van der Waals surface area contributed by atoms with Gasteiger partial charge in [0, 0.05) is 14.1 Å². The molecule has 6 heteroatoms. The fourth-order valence-corrected chi connectivity index (χ4v) is 1.90. The highest BCUT2D eigenvalue weighted by Crippen LogP contribution is 2.30. The lowest BCUT2D eigenvalue weighted by atomic mass is 10.1. The third-order valence-electron chi connectivity index (χ3n) is 2.31. The average Bonchev–Trinajstić information content (AvgIpc) is 2.34. The summed E-state index contributed by atoms with van der Waals surface area (Å²) in [6.07, 6.45) is 1.13. The number of likely N-dealkylation sites (N-methyl/N-ethyl adjacent to an activating group) is 1. The van der Waals surface area contributed by atoms with Crippen molar-refractivity contribution in [3.05, 3.63) is 40.4 Å². The van der Waals surface area contributed by atoms with Crippen molar-refractivity contribution in [3.63, 3.8) is 0 Å². The van der Waals surface area contributed by atoms with E-state index in [1.54, 1.807) is 14.1 Å². The minimum atomic E-state index is -0.370. The van der Waals surface area contributed by atoms with Gasteiger partial charge in [0.1, 0.15) is 5.75 Å². The summed E-state index contributed by atoms with van der Waals surface area (Å²) >= 11 is 11.9. The Hall–Kier alpha value is -1.52. The molecule has 0 bridgehead atoms. The van der Waals surface area contributed by atoms with Gasteiger partial charge in [-0.2, -0.15) is 0 Å². The number of halogens is 2. The Morgan fingerprint density at radius 3 is 2.26 bits per heavy atom. The van der Waals surface area contributed by atoms with E-state index in [4.69, 9.17) is 27.9 Å². The molecule has 4 nitrogen and oxygen atoms in total. The van der Waals surface area contributed by atoms with Crippen molar-refractivity contribution in [1.82, 2.24) is 4.90 Å². The summed E-state index contributed by atoms with van der Waals surface area (Å²) in [7, 11) is 3.25. The van der Waals surface area contributed by atoms with Gasteiger partial charge in [0.25, 0.3) is 5.91 Å². The van der Waals surface area contributed by atoms with E-state index in [9.17, 15) is 9.59 Å². The minimum Gasteiger partial charge on any atom is -0.484 e. The number of hydrogen-bond donors (Lipinski definition) is 0. The Morgan fingerprint density at radius 1 is 1.32 bits per heavy atom. The molecule has 0 saturated heterocycles. The number of carbonyl (C=O) groups excluding carboxylic acids is 2. The molecule has 1 aromatic rings. The van der Waals surface area contributed by atoms with Crippen molar-refractivity contribution in [2.75, 3.05) is 20.7 Å². The van der Waals surface area contributed by atoms with Gasteiger partial charge >= 0.3 is 0 Å². The molecule has 0 fully saturated rings. The van der Waals surface area contributed by atoms with Crippen LogP contribution in [-0.2, 0) is 4.79 Å². The van der Waals surface area contributed by atoms with E-state index in [0.29, 0.717) is 5.75 Å². The van der Waals surface area contributed by atoms with Crippen molar-refractivity contribution in [3.8, 4) is 5.75 Å². The Balaban J connectivity index is 2.92. The highest BCUT2D eigenvalue weighted by molar-refractivity contribution is 6.40. The molecule has 19 heavy (non-hydrogen) atoms. The summed E-state index contributed by atoms with van der Waals surface area (Å²) in [6, 6.07) is 2.88. The number of carbonyl (C=O) groups is 2. The van der Waals surface area contributed by atoms with Gasteiger partial charge in [0.05, 0.1) is 15.6 Å². The third-order valence-corrected chi connectivity index (χ3v) is 2.90. The van der Waals surface area contributed by atoms with Gasteiger partial charge in [-0.25, -0.2) is 0 Å². The number of benzene rings is 1. The van der Waals surface area contributed by atoms with Crippen LogP contribution >= 0.6 is 23.2 Å². The molecule has 0 saturated carbocycles. The first-order valence-electron chi connectivity index (χ1n) is 5.35. The standard InChI is InChI=1S/C13H13Cl2NO3/c1-4-11(17)13-9(14)5-8(6-10(13)15)19-7-12(18)16(2)3/h4-6H,1,7H2,2-3H3. The van der Waals surface area contributed by atoms with Gasteiger partial charge in [0.15, 0.2) is 12.4 Å². The lowest BCUT2D eigenvalue weighted by Gasteiger charge is -2.12. The molecule has 0 aliphatic rings. The summed E-state index contributed by atoms with van der Waals surface area (Å²) in [4.78, 5) is 24.3. The van der Waals surface area contributed by atoms with E-state index >= 15 is 0 Å². The Labute approximate surface area is 121 Å². The molecule has 1 amide bonds. The van der Waals surface area contributed by atoms with Gasteiger partial charge in [-0.15, -0.1) is 0 Å². The van der Waals surface area contributed by atoms with Crippen LogP contribution in [0.1, 0.15) is 10.4 Å². The molecule has 0 unspecified atom stereocenters. The zero-order valence-electron chi connectivity index (χ0n) is 10.6. The molecule has 0 atom stereocenters. The summed E-state index contributed by atoms with van der Waals surface area (Å²) in [5, 5.41) is 0.314. The van der Waals surface area contributed by atoms with Crippen LogP contribution in [0.25, 0.3) is 0 Å². The number of hydrogen-bond acceptors (Lipinski definition) is 3. The molecule has 102 valence electrons. The third kappa shape index (κ3) is 3.98. The molecule has 0 spiro atoms. The van der Waals surface area contributed by atoms with Crippen molar-refractivity contribution in [2.45, 2.75) is 0 Å². The Morgan fingerprint density at radius 2 is 1.84 bits per heavy atom. The van der Waals surface area contributed by atoms with E-state index in [1.165, 1.54) is 17.0 Å². The minimum absolute atomic E-state index is 0.131. The number of ketones is 1. The van der Waals surface area contributed by atoms with Crippen LogP contribution in [0.2, 0.25) is 10.0 Å². The fourth-order valence-electron chi connectivity index (χ4n) is 1.24. The van der Waals surface area contributed by atoms with Crippen molar-refractivity contribution in [2.24, 2.45) is 0 Å². The maximum absolute atomic E-state index is 11.5. The normalized spacial score (nSPS) is 9.89. The highest BCUT2D eigenvalue weighted by atomic mass is 35.5. The molecule has 0 N–H and O–H groups in total. The fraction of sp³-hybridized carbons (Fsp3) is 0.231. The van der Waals surface area contributed by atoms with Crippen molar-refractivity contribution < 1.29 is 14.3 Å². The van der Waals surface area contributed by atoms with Crippen LogP contribution in [0.4, 0.5) is 0 Å². The van der Waals surface area contributed by atoms with E-state index in [0.717, 1.165) is 6.08 Å². The molecule has 0 radical (unpaired) electrons. The van der Waals surface area contributed by atoms with Crippen LogP contribution in [0.15, 0.2) is 24.8 Å². The second-order valence-electron chi connectivity index (χ2n) is 3.91. The zero-order chi connectivity index (χ0) is 14.6. The lowest BCUT2D eigenvalue weighted by Crippen LogP contribution is -2.27.